The van der Waals surface area contributed by atoms with Crippen molar-refractivity contribution < 1.29 is 19.4 Å². The third-order valence-corrected chi connectivity index (χ3v) is 7.71. The topological polar surface area (TPSA) is 78.0 Å². The van der Waals surface area contributed by atoms with Crippen molar-refractivity contribution in [2.45, 2.75) is 51.7 Å². The van der Waals surface area contributed by atoms with Crippen molar-refractivity contribution in [3.8, 4) is 5.75 Å². The molecule has 2 N–H and O–H groups in total. The number of benzene rings is 3. The number of ether oxygens (including phenoxy) is 2. The number of hydrogen-bond acceptors (Lipinski definition) is 5. The minimum atomic E-state index is -0.736. The van der Waals surface area contributed by atoms with Crippen molar-refractivity contribution in [3.63, 3.8) is 0 Å². The van der Waals surface area contributed by atoms with Crippen molar-refractivity contribution in [3.05, 3.63) is 102 Å². The minimum absolute atomic E-state index is 0.0355. The van der Waals surface area contributed by atoms with E-state index >= 15 is 0 Å². The summed E-state index contributed by atoms with van der Waals surface area (Å²) in [5.74, 6) is 0.748. The number of aliphatic hydroxyl groups excluding tert-OH is 1. The van der Waals surface area contributed by atoms with Crippen LogP contribution >= 0.6 is 0 Å². The lowest BCUT2D eigenvalue weighted by molar-refractivity contribution is -0.133. The Morgan fingerprint density at radius 3 is 2.40 bits per heavy atom. The maximum atomic E-state index is 13.9. The van der Waals surface area contributed by atoms with Gasteiger partial charge in [0, 0.05) is 57.0 Å². The molecule has 0 fully saturated rings. The number of carbonyl (C=O) groups excluding carboxylic acids is 1. The third kappa shape index (κ3) is 9.95. The van der Waals surface area contributed by atoms with E-state index in [-0.39, 0.29) is 24.5 Å². The van der Waals surface area contributed by atoms with Gasteiger partial charge in [-0.25, -0.2) is 0 Å². The standard InChI is InChI=1S/C36H47N3O4/c1-36(2,3)30-17-15-28(16-18-30)24-39(21-19-29-23-37-34-14-9-8-13-33(29)34)35(41)26-38(20-10-22-42-4)25-31(40)27-43-32-11-6-5-7-12-32/h5-9,11-18,23,31,37,40H,10,19-22,24-27H2,1-4H3. The highest BCUT2D eigenvalue weighted by Gasteiger charge is 2.21. The Morgan fingerprint density at radius 1 is 0.953 bits per heavy atom. The zero-order valence-corrected chi connectivity index (χ0v) is 26.1. The van der Waals surface area contributed by atoms with Crippen LogP contribution in [0.2, 0.25) is 0 Å². The molecule has 1 atom stereocenters. The normalized spacial score (nSPS) is 12.5. The molecule has 1 heterocycles. The zero-order valence-electron chi connectivity index (χ0n) is 26.1. The van der Waals surface area contributed by atoms with Gasteiger partial charge in [0.1, 0.15) is 18.5 Å². The molecule has 0 aliphatic heterocycles. The second-order valence-corrected chi connectivity index (χ2v) is 12.2. The first kappa shape index (κ1) is 32.3. The smallest absolute Gasteiger partial charge is 0.237 e. The number of methoxy groups -OCH3 is 1. The van der Waals surface area contributed by atoms with E-state index < -0.39 is 6.10 Å². The predicted molar refractivity (Wildman–Crippen MR) is 173 cm³/mol. The van der Waals surface area contributed by atoms with Gasteiger partial charge in [0.25, 0.3) is 0 Å². The van der Waals surface area contributed by atoms with E-state index in [1.165, 1.54) is 16.5 Å². The lowest BCUT2D eigenvalue weighted by atomic mass is 9.87. The molecule has 230 valence electrons. The summed E-state index contributed by atoms with van der Waals surface area (Å²) in [5.41, 5.74) is 4.73. The molecule has 3 aromatic carbocycles. The number of rotatable bonds is 16. The Morgan fingerprint density at radius 2 is 1.67 bits per heavy atom. The fraction of sp³-hybridized carbons (Fsp3) is 0.417. The lowest BCUT2D eigenvalue weighted by Gasteiger charge is -2.29. The van der Waals surface area contributed by atoms with Crippen molar-refractivity contribution in [2.24, 2.45) is 0 Å². The molecule has 0 aliphatic rings. The molecule has 4 rings (SSSR count). The molecule has 7 heteroatoms. The number of H-pyrrole nitrogens is 1. The largest absolute Gasteiger partial charge is 0.491 e. The van der Waals surface area contributed by atoms with Crippen LogP contribution in [0.5, 0.6) is 5.75 Å². The van der Waals surface area contributed by atoms with E-state index in [9.17, 15) is 9.90 Å². The molecular formula is C36H47N3O4. The Hall–Kier alpha value is -3.65. The summed E-state index contributed by atoms with van der Waals surface area (Å²) in [6.07, 6.45) is 2.82. The summed E-state index contributed by atoms with van der Waals surface area (Å²) in [6, 6.07) is 26.3. The molecule has 0 radical (unpaired) electrons. The number of fused-ring (bicyclic) bond motifs is 1. The van der Waals surface area contributed by atoms with Crippen LogP contribution in [0.15, 0.2) is 85.1 Å². The molecule has 4 aromatic rings. The summed E-state index contributed by atoms with van der Waals surface area (Å²) in [5, 5.41) is 12.0. The van der Waals surface area contributed by atoms with Crippen molar-refractivity contribution in [2.75, 3.05) is 46.5 Å². The molecule has 0 spiro atoms. The van der Waals surface area contributed by atoms with Gasteiger partial charge in [0.15, 0.2) is 0 Å². The van der Waals surface area contributed by atoms with Crippen LogP contribution in [-0.2, 0) is 27.9 Å². The van der Waals surface area contributed by atoms with Gasteiger partial charge in [-0.2, -0.15) is 0 Å². The number of aromatic nitrogens is 1. The first-order valence-electron chi connectivity index (χ1n) is 15.2. The number of hydrogen-bond donors (Lipinski definition) is 2. The number of nitrogens with one attached hydrogen (secondary N) is 1. The quantitative estimate of drug-likeness (QED) is 0.162. The highest BCUT2D eigenvalue weighted by atomic mass is 16.5. The van der Waals surface area contributed by atoms with Crippen LogP contribution in [0, 0.1) is 0 Å². The molecule has 1 aromatic heterocycles. The fourth-order valence-electron chi connectivity index (χ4n) is 5.23. The molecule has 0 saturated heterocycles. The third-order valence-electron chi connectivity index (χ3n) is 7.71. The average molecular weight is 586 g/mol. The number of nitrogens with zero attached hydrogens (tertiary/aromatic N) is 2. The summed E-state index contributed by atoms with van der Waals surface area (Å²) in [7, 11) is 1.68. The lowest BCUT2D eigenvalue weighted by Crippen LogP contribution is -2.44. The summed E-state index contributed by atoms with van der Waals surface area (Å²) >= 11 is 0. The Kier molecular flexibility index (Phi) is 11.8. The predicted octanol–water partition coefficient (Wildman–Crippen LogP) is 5.82. The van der Waals surface area contributed by atoms with E-state index in [1.54, 1.807) is 7.11 Å². The Bertz CT molecular complexity index is 1400. The highest BCUT2D eigenvalue weighted by Crippen LogP contribution is 2.23. The van der Waals surface area contributed by atoms with E-state index in [0.717, 1.165) is 23.9 Å². The zero-order chi connectivity index (χ0) is 30.7. The molecule has 0 aliphatic carbocycles. The van der Waals surface area contributed by atoms with Gasteiger partial charge in [-0.15, -0.1) is 0 Å². The number of amides is 1. The molecule has 0 saturated carbocycles. The van der Waals surface area contributed by atoms with Crippen LogP contribution < -0.4 is 4.74 Å². The molecule has 7 nitrogen and oxygen atoms in total. The molecular weight excluding hydrogens is 538 g/mol. The Labute approximate surface area is 256 Å². The first-order chi connectivity index (χ1) is 20.7. The second kappa shape index (κ2) is 15.7. The first-order valence-corrected chi connectivity index (χ1v) is 15.2. The highest BCUT2D eigenvalue weighted by molar-refractivity contribution is 5.83. The van der Waals surface area contributed by atoms with Crippen molar-refractivity contribution in [1.29, 1.82) is 0 Å². The van der Waals surface area contributed by atoms with Gasteiger partial charge >= 0.3 is 0 Å². The molecule has 1 unspecified atom stereocenters. The van der Waals surface area contributed by atoms with Gasteiger partial charge in [-0.05, 0) is 53.1 Å². The fourth-order valence-corrected chi connectivity index (χ4v) is 5.23. The number of aliphatic hydroxyl groups is 1. The van der Waals surface area contributed by atoms with Crippen molar-refractivity contribution >= 4 is 16.8 Å². The number of aromatic amines is 1. The van der Waals surface area contributed by atoms with Gasteiger partial charge < -0.3 is 24.5 Å². The molecule has 1 amide bonds. The van der Waals surface area contributed by atoms with Crippen LogP contribution in [0.1, 0.15) is 43.9 Å². The van der Waals surface area contributed by atoms with E-state index in [2.05, 4.69) is 62.2 Å². The van der Waals surface area contributed by atoms with Gasteiger partial charge in [0.2, 0.25) is 5.91 Å². The summed E-state index contributed by atoms with van der Waals surface area (Å²) in [6.45, 7) is 9.65. The van der Waals surface area contributed by atoms with Crippen molar-refractivity contribution in [1.82, 2.24) is 14.8 Å². The number of para-hydroxylation sites is 2. The Balaban J connectivity index is 1.46. The van der Waals surface area contributed by atoms with E-state index in [1.807, 2.05) is 58.5 Å². The SMILES string of the molecule is COCCCN(CC(=O)N(CCc1c[nH]c2ccccc12)Cc1ccc(C(C)(C)C)cc1)CC(O)COc1ccccc1. The average Bonchev–Trinajstić information content (AvgIpc) is 3.41. The van der Waals surface area contributed by atoms with Crippen LogP contribution in [0.25, 0.3) is 10.9 Å². The molecule has 43 heavy (non-hydrogen) atoms. The second-order valence-electron chi connectivity index (χ2n) is 12.2. The van der Waals surface area contributed by atoms with Gasteiger partial charge in [-0.3, -0.25) is 9.69 Å². The maximum Gasteiger partial charge on any atom is 0.237 e. The minimum Gasteiger partial charge on any atom is -0.491 e. The maximum absolute atomic E-state index is 13.9. The summed E-state index contributed by atoms with van der Waals surface area (Å²) in [4.78, 5) is 21.3. The number of carbonyl (C=O) groups is 1. The van der Waals surface area contributed by atoms with E-state index in [0.29, 0.717) is 38.5 Å². The van der Waals surface area contributed by atoms with E-state index in [4.69, 9.17) is 9.47 Å². The summed E-state index contributed by atoms with van der Waals surface area (Å²) < 4.78 is 11.0. The van der Waals surface area contributed by atoms with Crippen LogP contribution in [0.4, 0.5) is 0 Å². The van der Waals surface area contributed by atoms with Gasteiger partial charge in [0.05, 0.1) is 6.54 Å². The van der Waals surface area contributed by atoms with Gasteiger partial charge in [-0.1, -0.05) is 81.4 Å². The van der Waals surface area contributed by atoms with Crippen LogP contribution in [0.3, 0.4) is 0 Å². The monoisotopic (exact) mass is 585 g/mol. The van der Waals surface area contributed by atoms with Crippen LogP contribution in [-0.4, -0.2) is 78.4 Å². The molecule has 0 bridgehead atoms.